The summed E-state index contributed by atoms with van der Waals surface area (Å²) in [6, 6.07) is 0.0687. The van der Waals surface area contributed by atoms with E-state index in [1.165, 1.54) is 0 Å². The lowest BCUT2D eigenvalue weighted by atomic mass is 9.78. The number of hydrogen-bond acceptors (Lipinski definition) is 3. The van der Waals surface area contributed by atoms with Crippen molar-refractivity contribution in [2.45, 2.75) is 51.7 Å². The number of amides is 1. The Morgan fingerprint density at radius 2 is 1.94 bits per heavy atom. The molecule has 2 N–H and O–H groups in total. The van der Waals surface area contributed by atoms with Gasteiger partial charge >= 0.3 is 12.1 Å². The predicted octanol–water partition coefficient (Wildman–Crippen LogP) is 1.76. The Morgan fingerprint density at radius 1 is 1.38 bits per heavy atom. The van der Waals surface area contributed by atoms with Gasteiger partial charge in [0.15, 0.2) is 0 Å². The van der Waals surface area contributed by atoms with Crippen LogP contribution in [0.15, 0.2) is 0 Å². The van der Waals surface area contributed by atoms with E-state index in [9.17, 15) is 9.59 Å². The number of carboxylic acids is 1. The molecule has 0 bridgehead atoms. The van der Waals surface area contributed by atoms with Gasteiger partial charge in [0.25, 0.3) is 0 Å². The van der Waals surface area contributed by atoms with Crippen molar-refractivity contribution in [1.82, 2.24) is 5.32 Å². The Morgan fingerprint density at radius 3 is 2.38 bits per heavy atom. The first kappa shape index (κ1) is 12.8. The van der Waals surface area contributed by atoms with Crippen molar-refractivity contribution in [1.29, 1.82) is 0 Å². The zero-order valence-electron chi connectivity index (χ0n) is 9.95. The summed E-state index contributed by atoms with van der Waals surface area (Å²) in [7, 11) is 0. The minimum atomic E-state index is -0.777. The van der Waals surface area contributed by atoms with E-state index in [-0.39, 0.29) is 18.4 Å². The van der Waals surface area contributed by atoms with E-state index in [2.05, 4.69) is 5.32 Å². The molecular weight excluding hydrogens is 210 g/mol. The van der Waals surface area contributed by atoms with Crippen LogP contribution in [0.5, 0.6) is 0 Å². The van der Waals surface area contributed by atoms with Crippen molar-refractivity contribution in [3.05, 3.63) is 0 Å². The number of alkyl carbamates (subject to hydrolysis) is 1. The van der Waals surface area contributed by atoms with Crippen molar-refractivity contribution in [3.8, 4) is 0 Å². The number of carboxylic acid groups (broad SMARTS) is 1. The van der Waals surface area contributed by atoms with E-state index >= 15 is 0 Å². The number of ether oxygens (including phenoxy) is 1. The highest BCUT2D eigenvalue weighted by Crippen LogP contribution is 2.30. The van der Waals surface area contributed by atoms with Crippen molar-refractivity contribution in [2.24, 2.45) is 5.92 Å². The largest absolute Gasteiger partial charge is 0.481 e. The molecule has 1 amide bonds. The second-order valence-corrected chi connectivity index (χ2v) is 5.28. The molecule has 0 spiro atoms. The first-order valence-corrected chi connectivity index (χ1v) is 5.47. The van der Waals surface area contributed by atoms with Crippen molar-refractivity contribution in [3.63, 3.8) is 0 Å². The van der Waals surface area contributed by atoms with Crippen LogP contribution in [0.2, 0.25) is 0 Å². The smallest absolute Gasteiger partial charge is 0.407 e. The molecule has 0 radical (unpaired) electrons. The Kier molecular flexibility index (Phi) is 3.78. The number of rotatable bonds is 3. The fraction of sp³-hybridized carbons (Fsp3) is 0.818. The molecule has 5 heteroatoms. The zero-order valence-corrected chi connectivity index (χ0v) is 9.95. The molecule has 1 aliphatic rings. The van der Waals surface area contributed by atoms with Gasteiger partial charge in [0.05, 0.1) is 0 Å². The summed E-state index contributed by atoms with van der Waals surface area (Å²) >= 11 is 0. The fourth-order valence-electron chi connectivity index (χ4n) is 1.74. The number of hydrogen-bond donors (Lipinski definition) is 2. The topological polar surface area (TPSA) is 75.6 Å². The van der Waals surface area contributed by atoms with E-state index in [1.807, 2.05) is 0 Å². The molecule has 0 aliphatic heterocycles. The lowest BCUT2D eigenvalue weighted by molar-refractivity contribution is -0.138. The Bertz CT molecular complexity index is 276. The SMILES string of the molecule is CC(C)(C)OC(=O)N[C@H]1C[C@@H](CC(=O)O)C1. The maximum Gasteiger partial charge on any atom is 0.407 e. The number of aliphatic carboxylic acids is 1. The highest BCUT2D eigenvalue weighted by Gasteiger charge is 2.32. The van der Waals surface area contributed by atoms with Crippen LogP contribution in [-0.4, -0.2) is 28.8 Å². The van der Waals surface area contributed by atoms with E-state index in [0.29, 0.717) is 0 Å². The van der Waals surface area contributed by atoms with Crippen LogP contribution in [-0.2, 0) is 9.53 Å². The van der Waals surface area contributed by atoms with E-state index in [4.69, 9.17) is 9.84 Å². The van der Waals surface area contributed by atoms with Gasteiger partial charge in [-0.05, 0) is 39.5 Å². The van der Waals surface area contributed by atoms with Crippen LogP contribution in [0.25, 0.3) is 0 Å². The van der Waals surface area contributed by atoms with Crippen molar-refractivity contribution >= 4 is 12.1 Å². The summed E-state index contributed by atoms with van der Waals surface area (Å²) in [6.45, 7) is 5.42. The summed E-state index contributed by atoms with van der Waals surface area (Å²) in [6.07, 6.45) is 1.22. The third-order valence-corrected chi connectivity index (χ3v) is 2.42. The first-order chi connectivity index (χ1) is 7.26. The van der Waals surface area contributed by atoms with Crippen LogP contribution in [0.4, 0.5) is 4.79 Å². The molecule has 0 saturated heterocycles. The van der Waals surface area contributed by atoms with Gasteiger partial charge in [0, 0.05) is 12.5 Å². The van der Waals surface area contributed by atoms with E-state index in [0.717, 1.165) is 12.8 Å². The molecule has 16 heavy (non-hydrogen) atoms. The molecule has 0 aromatic carbocycles. The molecule has 0 aromatic heterocycles. The lowest BCUT2D eigenvalue weighted by Gasteiger charge is -2.35. The molecule has 5 nitrogen and oxygen atoms in total. The highest BCUT2D eigenvalue weighted by atomic mass is 16.6. The summed E-state index contributed by atoms with van der Waals surface area (Å²) in [5, 5.41) is 11.3. The average Bonchev–Trinajstić information content (AvgIpc) is 1.95. The minimum Gasteiger partial charge on any atom is -0.481 e. The third kappa shape index (κ3) is 4.51. The number of carbonyl (C=O) groups excluding carboxylic acids is 1. The molecule has 0 aromatic rings. The Balaban J connectivity index is 2.17. The highest BCUT2D eigenvalue weighted by molar-refractivity contribution is 5.69. The number of nitrogens with one attached hydrogen (secondary N) is 1. The normalized spacial score (nSPS) is 24.4. The van der Waals surface area contributed by atoms with Crippen molar-refractivity contribution in [2.75, 3.05) is 0 Å². The lowest BCUT2D eigenvalue weighted by Crippen LogP contribution is -2.46. The van der Waals surface area contributed by atoms with Gasteiger partial charge in [-0.3, -0.25) is 4.79 Å². The quantitative estimate of drug-likeness (QED) is 0.773. The van der Waals surface area contributed by atoms with E-state index in [1.54, 1.807) is 20.8 Å². The van der Waals surface area contributed by atoms with E-state index < -0.39 is 17.7 Å². The molecule has 1 rings (SSSR count). The fourth-order valence-corrected chi connectivity index (χ4v) is 1.74. The maximum atomic E-state index is 11.3. The second kappa shape index (κ2) is 4.72. The summed E-state index contributed by atoms with van der Waals surface area (Å²) in [4.78, 5) is 21.7. The molecule has 1 saturated carbocycles. The van der Waals surface area contributed by atoms with Gasteiger partial charge < -0.3 is 15.2 Å². The van der Waals surface area contributed by atoms with Gasteiger partial charge in [-0.1, -0.05) is 0 Å². The molecule has 0 unspecified atom stereocenters. The molecule has 1 fully saturated rings. The van der Waals surface area contributed by atoms with Gasteiger partial charge in [0.2, 0.25) is 0 Å². The van der Waals surface area contributed by atoms with Gasteiger partial charge in [0.1, 0.15) is 5.60 Å². The van der Waals surface area contributed by atoms with Crippen molar-refractivity contribution < 1.29 is 19.4 Å². The van der Waals surface area contributed by atoms with Crippen LogP contribution in [0.3, 0.4) is 0 Å². The van der Waals surface area contributed by atoms with Crippen LogP contribution in [0.1, 0.15) is 40.0 Å². The summed E-state index contributed by atoms with van der Waals surface area (Å²) in [5.74, 6) is -0.585. The predicted molar refractivity (Wildman–Crippen MR) is 58.1 cm³/mol. The number of carbonyl (C=O) groups is 2. The van der Waals surface area contributed by atoms with Gasteiger partial charge in [-0.15, -0.1) is 0 Å². The minimum absolute atomic E-state index is 0.0687. The Hall–Kier alpha value is -1.26. The van der Waals surface area contributed by atoms with Crippen LogP contribution < -0.4 is 5.32 Å². The molecule has 0 heterocycles. The summed E-state index contributed by atoms with van der Waals surface area (Å²) in [5.41, 5.74) is -0.492. The molecule has 1 aliphatic carbocycles. The first-order valence-electron chi connectivity index (χ1n) is 5.47. The molecule has 92 valence electrons. The monoisotopic (exact) mass is 229 g/mol. The van der Waals surface area contributed by atoms with Gasteiger partial charge in [-0.2, -0.15) is 0 Å². The summed E-state index contributed by atoms with van der Waals surface area (Å²) < 4.78 is 5.09. The standard InChI is InChI=1S/C11H19NO4/c1-11(2,3)16-10(15)12-8-4-7(5-8)6-9(13)14/h7-8H,4-6H2,1-3H3,(H,12,15)(H,13,14)/t7-,8+. The van der Waals surface area contributed by atoms with Gasteiger partial charge in [-0.25, -0.2) is 4.79 Å². The van der Waals surface area contributed by atoms with Crippen LogP contribution >= 0.6 is 0 Å². The maximum absolute atomic E-state index is 11.3. The van der Waals surface area contributed by atoms with Crippen LogP contribution in [0, 0.1) is 5.92 Å². The average molecular weight is 229 g/mol. The molecule has 0 atom stereocenters. The zero-order chi connectivity index (χ0) is 12.3. The third-order valence-electron chi connectivity index (χ3n) is 2.42. The second-order valence-electron chi connectivity index (χ2n) is 5.28. The molecular formula is C11H19NO4. The Labute approximate surface area is 95.2 Å².